The zero-order valence-corrected chi connectivity index (χ0v) is 16.5. The molecule has 0 aliphatic carbocycles. The van der Waals surface area contributed by atoms with E-state index in [2.05, 4.69) is 10.5 Å². The Labute approximate surface area is 164 Å². The van der Waals surface area contributed by atoms with Crippen molar-refractivity contribution in [2.24, 2.45) is 4.99 Å². The predicted molar refractivity (Wildman–Crippen MR) is 103 cm³/mol. The average Bonchev–Trinajstić information content (AvgIpc) is 3.29. The van der Waals surface area contributed by atoms with Gasteiger partial charge in [-0.05, 0) is 56.5 Å². The summed E-state index contributed by atoms with van der Waals surface area (Å²) in [5, 5.41) is 0. The molecule has 3 atom stereocenters. The van der Waals surface area contributed by atoms with E-state index in [9.17, 15) is 12.8 Å². The van der Waals surface area contributed by atoms with E-state index in [1.54, 1.807) is 43.3 Å². The zero-order valence-electron chi connectivity index (χ0n) is 15.7. The first-order valence-electron chi connectivity index (χ1n) is 9.21. The number of aliphatic imine (C=N–C) groups is 1. The molecule has 1 saturated heterocycles. The van der Waals surface area contributed by atoms with E-state index >= 15 is 0 Å². The normalized spacial score (nSPS) is 25.5. The van der Waals surface area contributed by atoms with Crippen LogP contribution in [-0.2, 0) is 14.9 Å². The highest BCUT2D eigenvalue weighted by molar-refractivity contribution is 7.89. The topological polar surface area (TPSA) is 71.0 Å². The Balaban J connectivity index is 1.78. The number of nitrogens with zero attached hydrogens (tertiary/aromatic N) is 2. The van der Waals surface area contributed by atoms with Gasteiger partial charge >= 0.3 is 0 Å². The quantitative estimate of drug-likeness (QED) is 0.850. The third-order valence-electron chi connectivity index (χ3n) is 5.15. The molecule has 6 nitrogen and oxygen atoms in total. The van der Waals surface area contributed by atoms with Crippen molar-refractivity contribution in [1.82, 2.24) is 9.79 Å². The summed E-state index contributed by atoms with van der Waals surface area (Å²) >= 11 is 0. The Morgan fingerprint density at radius 3 is 2.32 bits per heavy atom. The number of aryl methyl sites for hydroxylation is 1. The fourth-order valence-corrected chi connectivity index (χ4v) is 5.58. The Morgan fingerprint density at radius 2 is 1.71 bits per heavy atom. The van der Waals surface area contributed by atoms with Crippen molar-refractivity contribution in [3.05, 3.63) is 65.5 Å². The molecule has 2 aliphatic rings. The van der Waals surface area contributed by atoms with Gasteiger partial charge in [0.05, 0.1) is 17.0 Å². The largest absolute Gasteiger partial charge is 0.249 e. The highest BCUT2D eigenvalue weighted by atomic mass is 32.2. The molecule has 0 saturated carbocycles. The van der Waals surface area contributed by atoms with Gasteiger partial charge in [-0.1, -0.05) is 29.8 Å². The van der Waals surface area contributed by atoms with E-state index in [0.29, 0.717) is 18.7 Å². The van der Waals surface area contributed by atoms with Gasteiger partial charge < -0.3 is 0 Å². The molecule has 2 aromatic carbocycles. The number of halogens is 1. The summed E-state index contributed by atoms with van der Waals surface area (Å²) in [4.78, 5) is 9.92. The SMILES string of the molecule is Cc1ccc(S(=O)(=O)N2C(C3=NC(C)ON3)CCC2c2ccc(F)cc2)cc1. The number of sulfonamides is 1. The fourth-order valence-electron chi connectivity index (χ4n) is 3.76. The van der Waals surface area contributed by atoms with E-state index < -0.39 is 22.1 Å². The molecule has 2 heterocycles. The second-order valence-electron chi connectivity index (χ2n) is 7.14. The van der Waals surface area contributed by atoms with Gasteiger partial charge in [0, 0.05) is 0 Å². The van der Waals surface area contributed by atoms with Gasteiger partial charge in [0.25, 0.3) is 0 Å². The van der Waals surface area contributed by atoms with Crippen LogP contribution in [0.5, 0.6) is 0 Å². The first-order chi connectivity index (χ1) is 13.4. The molecule has 0 radical (unpaired) electrons. The van der Waals surface area contributed by atoms with Crippen LogP contribution in [0.3, 0.4) is 0 Å². The van der Waals surface area contributed by atoms with Gasteiger partial charge in [0.1, 0.15) is 11.7 Å². The molecule has 0 bridgehead atoms. The second-order valence-corrected chi connectivity index (χ2v) is 8.99. The number of benzene rings is 2. The summed E-state index contributed by atoms with van der Waals surface area (Å²) in [5.74, 6) is 0.156. The van der Waals surface area contributed by atoms with E-state index in [4.69, 9.17) is 4.84 Å². The van der Waals surface area contributed by atoms with Crippen LogP contribution in [-0.4, -0.2) is 30.8 Å². The van der Waals surface area contributed by atoms with Crippen molar-refractivity contribution < 1.29 is 17.6 Å². The maximum Gasteiger partial charge on any atom is 0.244 e. The maximum atomic E-state index is 13.6. The molecule has 28 heavy (non-hydrogen) atoms. The summed E-state index contributed by atoms with van der Waals surface area (Å²) in [6, 6.07) is 11.9. The Hall–Kier alpha value is -2.29. The highest BCUT2D eigenvalue weighted by Crippen LogP contribution is 2.41. The van der Waals surface area contributed by atoms with Gasteiger partial charge in [-0.2, -0.15) is 4.31 Å². The number of hydroxylamine groups is 1. The standard InChI is InChI=1S/C20H22FN3O3S/c1-13-3-9-17(10-4-13)28(25,26)24-18(15-5-7-16(21)8-6-15)11-12-19(24)20-22-14(2)27-23-20/h3-10,14,18-19H,11-12H2,1-2H3,(H,22,23). The second kappa shape index (κ2) is 7.27. The lowest BCUT2D eigenvalue weighted by atomic mass is 10.1. The third kappa shape index (κ3) is 3.43. The van der Waals surface area contributed by atoms with E-state index in [1.807, 2.05) is 6.92 Å². The predicted octanol–water partition coefficient (Wildman–Crippen LogP) is 3.31. The number of amidine groups is 1. The lowest BCUT2D eigenvalue weighted by Gasteiger charge is -2.29. The van der Waals surface area contributed by atoms with Gasteiger partial charge in [0.15, 0.2) is 6.23 Å². The van der Waals surface area contributed by atoms with E-state index in [-0.39, 0.29) is 16.9 Å². The van der Waals surface area contributed by atoms with Crippen LogP contribution in [0.15, 0.2) is 58.4 Å². The van der Waals surface area contributed by atoms with E-state index in [0.717, 1.165) is 11.1 Å². The minimum Gasteiger partial charge on any atom is -0.249 e. The lowest BCUT2D eigenvalue weighted by Crippen LogP contribution is -2.45. The fraction of sp³-hybridized carbons (Fsp3) is 0.350. The minimum absolute atomic E-state index is 0.227. The molecular weight excluding hydrogens is 381 g/mol. The summed E-state index contributed by atoms with van der Waals surface area (Å²) in [7, 11) is -3.80. The van der Waals surface area contributed by atoms with Crippen LogP contribution in [0.25, 0.3) is 0 Å². The molecule has 3 unspecified atom stereocenters. The molecule has 2 aromatic rings. The lowest BCUT2D eigenvalue weighted by molar-refractivity contribution is 0.0488. The molecular formula is C20H22FN3O3S. The molecule has 0 spiro atoms. The van der Waals surface area contributed by atoms with Gasteiger partial charge in [-0.15, -0.1) is 0 Å². The maximum absolute atomic E-state index is 13.6. The van der Waals surface area contributed by atoms with Gasteiger partial charge in [0.2, 0.25) is 10.0 Å². The van der Waals surface area contributed by atoms with Crippen molar-refractivity contribution in [3.8, 4) is 0 Å². The number of rotatable bonds is 4. The molecule has 148 valence electrons. The molecule has 1 N–H and O–H groups in total. The van der Waals surface area contributed by atoms with Crippen LogP contribution in [0.2, 0.25) is 0 Å². The van der Waals surface area contributed by atoms with Crippen LogP contribution in [0.1, 0.15) is 36.9 Å². The van der Waals surface area contributed by atoms with Crippen molar-refractivity contribution >= 4 is 15.9 Å². The van der Waals surface area contributed by atoms with Crippen molar-refractivity contribution in [2.75, 3.05) is 0 Å². The molecule has 4 rings (SSSR count). The molecule has 1 fully saturated rings. The minimum atomic E-state index is -3.80. The number of hydrogen-bond donors (Lipinski definition) is 1. The van der Waals surface area contributed by atoms with Crippen molar-refractivity contribution in [2.45, 2.75) is 49.9 Å². The zero-order chi connectivity index (χ0) is 19.9. The number of nitrogens with one attached hydrogen (secondary N) is 1. The smallest absolute Gasteiger partial charge is 0.244 e. The Kier molecular flexibility index (Phi) is 4.95. The van der Waals surface area contributed by atoms with Crippen LogP contribution >= 0.6 is 0 Å². The molecule has 0 amide bonds. The van der Waals surface area contributed by atoms with Crippen LogP contribution in [0.4, 0.5) is 4.39 Å². The summed E-state index contributed by atoms with van der Waals surface area (Å²) in [5.41, 5.74) is 4.52. The monoisotopic (exact) mass is 403 g/mol. The van der Waals surface area contributed by atoms with Crippen LogP contribution in [0, 0.1) is 12.7 Å². The van der Waals surface area contributed by atoms with Crippen LogP contribution < -0.4 is 5.48 Å². The first kappa shape index (κ1) is 19.0. The molecule has 2 aliphatic heterocycles. The third-order valence-corrected chi connectivity index (χ3v) is 7.08. The van der Waals surface area contributed by atoms with Gasteiger partial charge in [-0.3, -0.25) is 0 Å². The Morgan fingerprint density at radius 1 is 1.07 bits per heavy atom. The first-order valence-corrected chi connectivity index (χ1v) is 10.7. The molecule has 8 heteroatoms. The van der Waals surface area contributed by atoms with Crippen molar-refractivity contribution in [1.29, 1.82) is 0 Å². The Bertz CT molecular complexity index is 990. The highest BCUT2D eigenvalue weighted by Gasteiger charge is 2.46. The number of hydrogen-bond acceptors (Lipinski definition) is 5. The van der Waals surface area contributed by atoms with Crippen molar-refractivity contribution in [3.63, 3.8) is 0 Å². The summed E-state index contributed by atoms with van der Waals surface area (Å²) in [6.45, 7) is 3.69. The average molecular weight is 403 g/mol. The summed E-state index contributed by atoms with van der Waals surface area (Å²) in [6.07, 6.45) is 0.828. The van der Waals surface area contributed by atoms with Gasteiger partial charge in [-0.25, -0.2) is 28.1 Å². The van der Waals surface area contributed by atoms with E-state index in [1.165, 1.54) is 16.4 Å². The molecule has 0 aromatic heterocycles. The summed E-state index contributed by atoms with van der Waals surface area (Å²) < 4.78 is 42.0.